The lowest BCUT2D eigenvalue weighted by atomic mass is 10.2. The molecule has 0 spiro atoms. The van der Waals surface area contributed by atoms with E-state index in [0.29, 0.717) is 11.3 Å². The fourth-order valence-corrected chi connectivity index (χ4v) is 3.55. The summed E-state index contributed by atoms with van der Waals surface area (Å²) in [5.41, 5.74) is 1.33. The first-order valence-corrected chi connectivity index (χ1v) is 8.07. The molecule has 0 bridgehead atoms. The van der Waals surface area contributed by atoms with Crippen molar-refractivity contribution in [1.29, 1.82) is 0 Å². The van der Waals surface area contributed by atoms with Crippen LogP contribution < -0.4 is 4.80 Å². The first-order valence-electron chi connectivity index (χ1n) is 7.25. The van der Waals surface area contributed by atoms with Crippen molar-refractivity contribution in [1.82, 2.24) is 4.57 Å². The van der Waals surface area contributed by atoms with Gasteiger partial charge in [-0.25, -0.2) is 8.78 Å². The number of carbonyl (C=O) groups excluding carboxylic acids is 1. The smallest absolute Gasteiger partial charge is 0.285 e. The van der Waals surface area contributed by atoms with Gasteiger partial charge in [0, 0.05) is 6.54 Å². The zero-order valence-corrected chi connectivity index (χ0v) is 13.7. The number of amides is 1. The molecule has 0 fully saturated rings. The molecule has 0 atom stereocenters. The lowest BCUT2D eigenvalue weighted by Gasteiger charge is -2.02. The maximum Gasteiger partial charge on any atom is 0.285 e. The van der Waals surface area contributed by atoms with Crippen LogP contribution in [0.2, 0.25) is 0 Å². The largest absolute Gasteiger partial charge is 0.312 e. The second kappa shape index (κ2) is 6.49. The summed E-state index contributed by atoms with van der Waals surface area (Å²) < 4.78 is 30.3. The molecule has 24 heavy (non-hydrogen) atoms. The molecule has 0 aliphatic rings. The van der Waals surface area contributed by atoms with Gasteiger partial charge in [0.25, 0.3) is 5.91 Å². The van der Waals surface area contributed by atoms with Gasteiger partial charge < -0.3 is 4.57 Å². The number of aromatic nitrogens is 1. The Kier molecular flexibility index (Phi) is 4.40. The van der Waals surface area contributed by atoms with Gasteiger partial charge in [0.15, 0.2) is 4.80 Å². The lowest BCUT2D eigenvalue weighted by Crippen LogP contribution is -2.17. The van der Waals surface area contributed by atoms with Crippen LogP contribution in [-0.2, 0) is 6.54 Å². The molecule has 3 aromatic rings. The number of aryl methyl sites for hydroxylation is 1. The molecule has 3 rings (SSSR count). The number of carbonyl (C=O) groups is 1. The van der Waals surface area contributed by atoms with Gasteiger partial charge in [-0.2, -0.15) is 4.99 Å². The van der Waals surface area contributed by atoms with Crippen LogP contribution in [0.5, 0.6) is 0 Å². The summed E-state index contributed by atoms with van der Waals surface area (Å²) >= 11 is 1.30. The van der Waals surface area contributed by atoms with E-state index in [4.69, 9.17) is 0 Å². The van der Waals surface area contributed by atoms with Crippen molar-refractivity contribution in [2.75, 3.05) is 0 Å². The molecule has 1 heterocycles. The summed E-state index contributed by atoms with van der Waals surface area (Å²) in [4.78, 5) is 16.6. The highest BCUT2D eigenvalue weighted by Crippen LogP contribution is 2.19. The molecule has 0 N–H and O–H groups in total. The molecule has 0 saturated carbocycles. The molecule has 6 heteroatoms. The number of halogens is 2. The van der Waals surface area contributed by atoms with Gasteiger partial charge >= 0.3 is 0 Å². The number of allylic oxidation sites excluding steroid dienone is 1. The molecule has 0 aliphatic heterocycles. The molecule has 1 aromatic heterocycles. The van der Waals surface area contributed by atoms with E-state index in [1.54, 1.807) is 10.6 Å². The minimum atomic E-state index is -0.938. The van der Waals surface area contributed by atoms with Gasteiger partial charge in [-0.1, -0.05) is 29.5 Å². The van der Waals surface area contributed by atoms with Crippen molar-refractivity contribution < 1.29 is 13.6 Å². The predicted molar refractivity (Wildman–Crippen MR) is 91.0 cm³/mol. The third-order valence-electron chi connectivity index (χ3n) is 3.52. The average molecular weight is 344 g/mol. The molecule has 122 valence electrons. The zero-order valence-electron chi connectivity index (χ0n) is 12.9. The SMILES string of the molecule is C=CCn1c(=NC(=O)c2c(F)cccc2F)sc2cc(C)ccc21. The molecule has 3 nitrogen and oxygen atoms in total. The highest BCUT2D eigenvalue weighted by atomic mass is 32.1. The topological polar surface area (TPSA) is 34.4 Å². The van der Waals surface area contributed by atoms with Crippen molar-refractivity contribution in [3.05, 3.63) is 76.6 Å². The molecular weight excluding hydrogens is 330 g/mol. The first kappa shape index (κ1) is 16.3. The van der Waals surface area contributed by atoms with E-state index in [1.807, 2.05) is 25.1 Å². The number of thiazole rings is 1. The van der Waals surface area contributed by atoms with Crippen molar-refractivity contribution in [2.24, 2.45) is 4.99 Å². The molecule has 0 aliphatic carbocycles. The van der Waals surface area contributed by atoms with E-state index in [-0.39, 0.29) is 0 Å². The number of rotatable bonds is 3. The van der Waals surface area contributed by atoms with Crippen molar-refractivity contribution in [2.45, 2.75) is 13.5 Å². The molecule has 2 aromatic carbocycles. The van der Waals surface area contributed by atoms with Crippen molar-refractivity contribution in [3.63, 3.8) is 0 Å². The molecule has 0 radical (unpaired) electrons. The second-order valence-electron chi connectivity index (χ2n) is 5.27. The summed E-state index contributed by atoms with van der Waals surface area (Å²) in [5, 5.41) is 0. The monoisotopic (exact) mass is 344 g/mol. The third kappa shape index (κ3) is 2.92. The Balaban J connectivity index is 2.21. The van der Waals surface area contributed by atoms with E-state index in [1.165, 1.54) is 17.4 Å². The summed E-state index contributed by atoms with van der Waals surface area (Å²) in [5.74, 6) is -2.78. The van der Waals surface area contributed by atoms with Gasteiger partial charge in [0.05, 0.1) is 10.2 Å². The van der Waals surface area contributed by atoms with Gasteiger partial charge in [-0.05, 0) is 36.8 Å². The number of hydrogen-bond donors (Lipinski definition) is 0. The standard InChI is InChI=1S/C18H14F2N2OS/c1-3-9-22-14-8-7-11(2)10-15(14)24-18(22)21-17(23)16-12(19)5-4-6-13(16)20/h3-8,10H,1,9H2,2H3. The molecule has 0 saturated heterocycles. The Morgan fingerprint density at radius 3 is 2.67 bits per heavy atom. The van der Waals surface area contributed by atoms with Crippen LogP contribution in [0.3, 0.4) is 0 Å². The van der Waals surface area contributed by atoms with Crippen LogP contribution in [0, 0.1) is 18.6 Å². The number of hydrogen-bond acceptors (Lipinski definition) is 2. The summed E-state index contributed by atoms with van der Waals surface area (Å²) in [7, 11) is 0. The van der Waals surface area contributed by atoms with Crippen LogP contribution in [0.4, 0.5) is 8.78 Å². The highest BCUT2D eigenvalue weighted by Gasteiger charge is 2.17. The fraction of sp³-hybridized carbons (Fsp3) is 0.111. The second-order valence-corrected chi connectivity index (χ2v) is 6.28. The van der Waals surface area contributed by atoms with E-state index < -0.39 is 23.1 Å². The van der Waals surface area contributed by atoms with E-state index >= 15 is 0 Å². The van der Waals surface area contributed by atoms with E-state index in [2.05, 4.69) is 11.6 Å². The van der Waals surface area contributed by atoms with Gasteiger partial charge in [-0.15, -0.1) is 6.58 Å². The highest BCUT2D eigenvalue weighted by molar-refractivity contribution is 7.16. The Morgan fingerprint density at radius 1 is 1.29 bits per heavy atom. The zero-order chi connectivity index (χ0) is 17.3. The normalized spacial score (nSPS) is 11.9. The Bertz CT molecular complexity index is 997. The maximum atomic E-state index is 13.8. The Morgan fingerprint density at radius 2 is 2.00 bits per heavy atom. The van der Waals surface area contributed by atoms with Gasteiger partial charge in [-0.3, -0.25) is 4.79 Å². The Labute approximate surface area is 141 Å². The maximum absolute atomic E-state index is 13.8. The number of nitrogens with zero attached hydrogens (tertiary/aromatic N) is 2. The van der Waals surface area contributed by atoms with E-state index in [9.17, 15) is 13.6 Å². The quantitative estimate of drug-likeness (QED) is 0.655. The average Bonchev–Trinajstić information content (AvgIpc) is 2.84. The van der Waals surface area contributed by atoms with Crippen molar-refractivity contribution in [3.8, 4) is 0 Å². The van der Waals surface area contributed by atoms with Crippen LogP contribution in [-0.4, -0.2) is 10.5 Å². The summed E-state index contributed by atoms with van der Waals surface area (Å²) in [6.07, 6.45) is 1.68. The van der Waals surface area contributed by atoms with E-state index in [0.717, 1.165) is 27.9 Å². The fourth-order valence-electron chi connectivity index (χ4n) is 2.42. The van der Waals surface area contributed by atoms with Crippen LogP contribution in [0.15, 0.2) is 54.0 Å². The summed E-state index contributed by atoms with van der Waals surface area (Å²) in [6.45, 7) is 6.11. The molecule has 1 amide bonds. The predicted octanol–water partition coefficient (Wildman–Crippen LogP) is 4.22. The van der Waals surface area contributed by atoms with Crippen molar-refractivity contribution >= 4 is 27.5 Å². The van der Waals surface area contributed by atoms with Crippen LogP contribution in [0.25, 0.3) is 10.2 Å². The Hall–Kier alpha value is -2.60. The molecule has 0 unspecified atom stereocenters. The first-order chi connectivity index (χ1) is 11.5. The number of benzene rings is 2. The summed E-state index contributed by atoms with van der Waals surface area (Å²) in [6, 6.07) is 9.15. The molecular formula is C18H14F2N2OS. The van der Waals surface area contributed by atoms with Gasteiger partial charge in [0.2, 0.25) is 0 Å². The van der Waals surface area contributed by atoms with Crippen LogP contribution >= 0.6 is 11.3 Å². The number of fused-ring (bicyclic) bond motifs is 1. The van der Waals surface area contributed by atoms with Crippen LogP contribution in [0.1, 0.15) is 15.9 Å². The minimum Gasteiger partial charge on any atom is -0.312 e. The lowest BCUT2D eigenvalue weighted by molar-refractivity contribution is 0.0990. The van der Waals surface area contributed by atoms with Gasteiger partial charge in [0.1, 0.15) is 17.2 Å². The third-order valence-corrected chi connectivity index (χ3v) is 4.56. The minimum absolute atomic E-state index is 0.378.